The Morgan fingerprint density at radius 1 is 1.38 bits per heavy atom. The molecule has 1 atom stereocenters. The molecule has 16 heavy (non-hydrogen) atoms. The number of primary amides is 1. The molecule has 1 aromatic carbocycles. The molecule has 0 aliphatic rings. The Bertz CT molecular complexity index is 362. The van der Waals surface area contributed by atoms with Gasteiger partial charge in [0.2, 0.25) is 5.91 Å². The van der Waals surface area contributed by atoms with Crippen molar-refractivity contribution in [3.05, 3.63) is 28.2 Å². The molecule has 0 bridgehead atoms. The molecule has 0 aromatic heterocycles. The summed E-state index contributed by atoms with van der Waals surface area (Å²) in [7, 11) is 0. The van der Waals surface area contributed by atoms with Gasteiger partial charge in [0.1, 0.15) is 0 Å². The lowest BCUT2D eigenvalue weighted by Gasteiger charge is -2.17. The van der Waals surface area contributed by atoms with Crippen LogP contribution >= 0.6 is 23.2 Å². The number of nitrogens with two attached hydrogens (primary N) is 1. The monoisotopic (exact) mass is 260 g/mol. The summed E-state index contributed by atoms with van der Waals surface area (Å²) in [5.41, 5.74) is 5.95. The van der Waals surface area contributed by atoms with E-state index in [1.165, 1.54) is 0 Å². The zero-order valence-electron chi connectivity index (χ0n) is 8.97. The second-order valence-corrected chi connectivity index (χ2v) is 4.45. The molecular formula is C11H14Cl2N2O. The lowest BCUT2D eigenvalue weighted by molar-refractivity contribution is -0.118. The van der Waals surface area contributed by atoms with Crippen LogP contribution in [0.3, 0.4) is 0 Å². The summed E-state index contributed by atoms with van der Waals surface area (Å²) in [6, 6.07) is 5.18. The van der Waals surface area contributed by atoms with Crippen LogP contribution in [0.15, 0.2) is 18.2 Å². The van der Waals surface area contributed by atoms with Crippen molar-refractivity contribution < 1.29 is 4.79 Å². The number of halogens is 2. The van der Waals surface area contributed by atoms with Crippen molar-refractivity contribution >= 4 is 34.8 Å². The van der Waals surface area contributed by atoms with Crippen LogP contribution in [-0.4, -0.2) is 11.9 Å². The molecule has 0 spiro atoms. The van der Waals surface area contributed by atoms with Gasteiger partial charge in [0.25, 0.3) is 0 Å². The predicted octanol–water partition coefficient (Wildman–Crippen LogP) is 3.06. The van der Waals surface area contributed by atoms with E-state index in [0.717, 1.165) is 12.1 Å². The van der Waals surface area contributed by atoms with Gasteiger partial charge in [0.05, 0.1) is 0 Å². The summed E-state index contributed by atoms with van der Waals surface area (Å²) in [5, 5.41) is 4.29. The van der Waals surface area contributed by atoms with E-state index in [1.54, 1.807) is 18.2 Å². The number of hydrogen-bond donors (Lipinski definition) is 2. The highest BCUT2D eigenvalue weighted by Crippen LogP contribution is 2.23. The molecule has 3 N–H and O–H groups in total. The number of amides is 1. The maximum atomic E-state index is 10.8. The minimum Gasteiger partial charge on any atom is -0.382 e. The van der Waals surface area contributed by atoms with Crippen molar-refractivity contribution in [1.29, 1.82) is 0 Å². The van der Waals surface area contributed by atoms with Gasteiger partial charge in [-0.3, -0.25) is 4.79 Å². The molecule has 5 heteroatoms. The van der Waals surface area contributed by atoms with E-state index in [1.807, 2.05) is 6.92 Å². The topological polar surface area (TPSA) is 55.1 Å². The van der Waals surface area contributed by atoms with Gasteiger partial charge in [-0.1, -0.05) is 30.1 Å². The molecule has 3 nitrogen and oxygen atoms in total. The molecule has 88 valence electrons. The van der Waals surface area contributed by atoms with Crippen molar-refractivity contribution in [3.63, 3.8) is 0 Å². The van der Waals surface area contributed by atoms with Crippen LogP contribution in [0.2, 0.25) is 10.0 Å². The highest BCUT2D eigenvalue weighted by Gasteiger charge is 2.10. The Kier molecular flexibility index (Phi) is 4.90. The summed E-state index contributed by atoms with van der Waals surface area (Å²) < 4.78 is 0. The molecule has 0 radical (unpaired) electrons. The number of benzene rings is 1. The van der Waals surface area contributed by atoms with Crippen LogP contribution in [0.1, 0.15) is 19.8 Å². The number of carbonyl (C=O) groups is 1. The summed E-state index contributed by atoms with van der Waals surface area (Å²) in [6.07, 6.45) is 1.09. The minimum atomic E-state index is -0.326. The van der Waals surface area contributed by atoms with Crippen molar-refractivity contribution in [2.75, 3.05) is 5.32 Å². The van der Waals surface area contributed by atoms with Crippen molar-refractivity contribution in [3.8, 4) is 0 Å². The van der Waals surface area contributed by atoms with E-state index in [2.05, 4.69) is 5.32 Å². The lowest BCUT2D eigenvalue weighted by atomic mass is 10.1. The molecule has 0 saturated carbocycles. The van der Waals surface area contributed by atoms with E-state index < -0.39 is 0 Å². The predicted molar refractivity (Wildman–Crippen MR) is 68.0 cm³/mol. The minimum absolute atomic E-state index is 0.00651. The van der Waals surface area contributed by atoms with Crippen molar-refractivity contribution in [1.82, 2.24) is 0 Å². The molecule has 0 saturated heterocycles. The number of nitrogens with one attached hydrogen (secondary N) is 1. The first-order chi connectivity index (χ1) is 7.51. The van der Waals surface area contributed by atoms with Gasteiger partial charge < -0.3 is 11.1 Å². The van der Waals surface area contributed by atoms with Gasteiger partial charge in [-0.05, 0) is 24.6 Å². The Hall–Kier alpha value is -0.930. The molecule has 1 rings (SSSR count). The van der Waals surface area contributed by atoms with Crippen LogP contribution in [0.25, 0.3) is 0 Å². The fourth-order valence-electron chi connectivity index (χ4n) is 1.41. The Morgan fingerprint density at radius 2 is 1.94 bits per heavy atom. The fraction of sp³-hybridized carbons (Fsp3) is 0.364. The molecule has 0 aliphatic heterocycles. The summed E-state index contributed by atoms with van der Waals surface area (Å²) in [6.45, 7) is 1.98. The summed E-state index contributed by atoms with van der Waals surface area (Å²) in [5.74, 6) is -0.326. The molecular weight excluding hydrogens is 247 g/mol. The first-order valence-corrected chi connectivity index (χ1v) is 5.77. The highest BCUT2D eigenvalue weighted by molar-refractivity contribution is 6.35. The molecule has 1 aromatic rings. The van der Waals surface area contributed by atoms with E-state index in [-0.39, 0.29) is 11.9 Å². The summed E-state index contributed by atoms with van der Waals surface area (Å²) in [4.78, 5) is 10.8. The van der Waals surface area contributed by atoms with Crippen molar-refractivity contribution in [2.45, 2.75) is 25.8 Å². The number of hydrogen-bond acceptors (Lipinski definition) is 2. The molecule has 0 heterocycles. The SMILES string of the molecule is CCC(CC(N)=O)Nc1cc(Cl)cc(Cl)c1. The maximum absolute atomic E-state index is 10.8. The van der Waals surface area contributed by atoms with Crippen LogP contribution in [0.4, 0.5) is 5.69 Å². The van der Waals surface area contributed by atoms with Gasteiger partial charge in [-0.2, -0.15) is 0 Å². The summed E-state index contributed by atoms with van der Waals surface area (Å²) >= 11 is 11.7. The van der Waals surface area contributed by atoms with E-state index in [9.17, 15) is 4.79 Å². The zero-order chi connectivity index (χ0) is 12.1. The molecule has 1 amide bonds. The van der Waals surface area contributed by atoms with Gasteiger partial charge in [-0.15, -0.1) is 0 Å². The Labute approximate surface area is 105 Å². The first-order valence-electron chi connectivity index (χ1n) is 5.02. The Balaban J connectivity index is 2.73. The standard InChI is InChI=1S/C11H14Cl2N2O/c1-2-9(6-11(14)16)15-10-4-7(12)3-8(13)5-10/h3-5,9,15H,2,6H2,1H3,(H2,14,16). The van der Waals surface area contributed by atoms with Gasteiger partial charge in [0, 0.05) is 28.2 Å². The van der Waals surface area contributed by atoms with Gasteiger partial charge >= 0.3 is 0 Å². The third kappa shape index (κ3) is 4.29. The largest absolute Gasteiger partial charge is 0.382 e. The van der Waals surface area contributed by atoms with Crippen molar-refractivity contribution in [2.24, 2.45) is 5.73 Å². The average Bonchev–Trinajstić information content (AvgIpc) is 2.14. The smallest absolute Gasteiger partial charge is 0.219 e. The number of anilines is 1. The third-order valence-electron chi connectivity index (χ3n) is 2.17. The Morgan fingerprint density at radius 3 is 2.38 bits per heavy atom. The highest BCUT2D eigenvalue weighted by atomic mass is 35.5. The molecule has 1 unspecified atom stereocenters. The second kappa shape index (κ2) is 5.97. The second-order valence-electron chi connectivity index (χ2n) is 3.58. The zero-order valence-corrected chi connectivity index (χ0v) is 10.5. The van der Waals surface area contributed by atoms with Crippen LogP contribution in [0, 0.1) is 0 Å². The van der Waals surface area contributed by atoms with Gasteiger partial charge in [0.15, 0.2) is 0 Å². The maximum Gasteiger partial charge on any atom is 0.219 e. The van der Waals surface area contributed by atoms with Crippen LogP contribution in [-0.2, 0) is 4.79 Å². The van der Waals surface area contributed by atoms with Crippen LogP contribution in [0.5, 0.6) is 0 Å². The van der Waals surface area contributed by atoms with Crippen LogP contribution < -0.4 is 11.1 Å². The van der Waals surface area contributed by atoms with E-state index in [0.29, 0.717) is 16.5 Å². The van der Waals surface area contributed by atoms with Gasteiger partial charge in [-0.25, -0.2) is 0 Å². The lowest BCUT2D eigenvalue weighted by Crippen LogP contribution is -2.26. The number of rotatable bonds is 5. The normalized spacial score (nSPS) is 12.2. The number of carbonyl (C=O) groups excluding carboxylic acids is 1. The third-order valence-corrected chi connectivity index (χ3v) is 2.61. The fourth-order valence-corrected chi connectivity index (χ4v) is 1.94. The average molecular weight is 261 g/mol. The van der Waals surface area contributed by atoms with E-state index >= 15 is 0 Å². The molecule has 0 aliphatic carbocycles. The quantitative estimate of drug-likeness (QED) is 0.855. The first kappa shape index (κ1) is 13.1. The van der Waals surface area contributed by atoms with E-state index in [4.69, 9.17) is 28.9 Å². The molecule has 0 fully saturated rings.